The van der Waals surface area contributed by atoms with E-state index in [0.717, 1.165) is 30.7 Å². The van der Waals surface area contributed by atoms with Gasteiger partial charge in [-0.1, -0.05) is 18.2 Å². The first kappa shape index (κ1) is 16.8. The van der Waals surface area contributed by atoms with Crippen LogP contribution in [0.2, 0.25) is 0 Å². The average molecular weight is 335 g/mol. The van der Waals surface area contributed by atoms with Crippen LogP contribution in [-0.2, 0) is 9.53 Å². The molecule has 2 fully saturated rings. The summed E-state index contributed by atoms with van der Waals surface area (Å²) in [5.41, 5.74) is 0.952. The number of hydrogen-bond donors (Lipinski definition) is 1. The fraction of sp³-hybridized carbons (Fsp3) is 0.611. The van der Waals surface area contributed by atoms with Gasteiger partial charge in [0.05, 0.1) is 23.5 Å². The number of aliphatic hydroxyl groups is 1. The molecule has 1 aromatic rings. The molecular formula is C18H25NO3S. The lowest BCUT2D eigenvalue weighted by atomic mass is 9.79. The Morgan fingerprint density at radius 2 is 2.22 bits per heavy atom. The van der Waals surface area contributed by atoms with E-state index in [1.54, 1.807) is 18.9 Å². The molecule has 0 aromatic heterocycles. The summed E-state index contributed by atoms with van der Waals surface area (Å²) in [5, 5.41) is 10.0. The molecule has 5 heteroatoms. The summed E-state index contributed by atoms with van der Waals surface area (Å²) in [6.07, 6.45) is 2.80. The number of likely N-dealkylation sites (tertiary alicyclic amines) is 1. The molecule has 1 heterocycles. The van der Waals surface area contributed by atoms with E-state index >= 15 is 0 Å². The molecule has 1 saturated carbocycles. The molecule has 2 aliphatic rings. The van der Waals surface area contributed by atoms with Gasteiger partial charge in [-0.2, -0.15) is 0 Å². The van der Waals surface area contributed by atoms with E-state index in [9.17, 15) is 9.90 Å². The molecule has 3 rings (SSSR count). The molecule has 0 radical (unpaired) electrons. The molecule has 1 aliphatic carbocycles. The Hall–Kier alpha value is -1.04. The molecule has 1 N–H and O–H groups in total. The highest BCUT2D eigenvalue weighted by molar-refractivity contribution is 8.00. The largest absolute Gasteiger partial charge is 0.393 e. The zero-order valence-electron chi connectivity index (χ0n) is 13.8. The van der Waals surface area contributed by atoms with Gasteiger partial charge in [0, 0.05) is 18.6 Å². The van der Waals surface area contributed by atoms with E-state index in [0.29, 0.717) is 12.2 Å². The number of benzene rings is 1. The van der Waals surface area contributed by atoms with Gasteiger partial charge in [-0.3, -0.25) is 4.79 Å². The third kappa shape index (κ3) is 3.28. The quantitative estimate of drug-likeness (QED) is 0.860. The van der Waals surface area contributed by atoms with E-state index < -0.39 is 0 Å². The van der Waals surface area contributed by atoms with Crippen LogP contribution in [0, 0.1) is 6.92 Å². The zero-order valence-corrected chi connectivity index (χ0v) is 14.6. The summed E-state index contributed by atoms with van der Waals surface area (Å²) in [7, 11) is 1.74. The Morgan fingerprint density at radius 3 is 2.96 bits per heavy atom. The van der Waals surface area contributed by atoms with Crippen molar-refractivity contribution >= 4 is 17.7 Å². The Labute approximate surface area is 142 Å². The van der Waals surface area contributed by atoms with Crippen molar-refractivity contribution in [3.8, 4) is 0 Å². The summed E-state index contributed by atoms with van der Waals surface area (Å²) in [6, 6.07) is 8.15. The Kier molecular flexibility index (Phi) is 4.99. The van der Waals surface area contributed by atoms with Gasteiger partial charge in [-0.05, 0) is 44.2 Å². The number of thioether (sulfide) groups is 1. The van der Waals surface area contributed by atoms with Gasteiger partial charge in [0.15, 0.2) is 0 Å². The van der Waals surface area contributed by atoms with Crippen LogP contribution in [0.1, 0.15) is 31.2 Å². The van der Waals surface area contributed by atoms with Crippen LogP contribution in [0.4, 0.5) is 0 Å². The van der Waals surface area contributed by atoms with Crippen LogP contribution < -0.4 is 0 Å². The monoisotopic (exact) mass is 335 g/mol. The third-order valence-corrected chi connectivity index (χ3v) is 6.49. The fourth-order valence-corrected chi connectivity index (χ4v) is 4.83. The number of rotatable bonds is 4. The molecule has 0 unspecified atom stereocenters. The maximum Gasteiger partial charge on any atom is 0.233 e. The number of fused-ring (bicyclic) bond motifs is 1. The van der Waals surface area contributed by atoms with Crippen LogP contribution in [0.25, 0.3) is 0 Å². The first-order valence-electron chi connectivity index (χ1n) is 8.27. The SMILES string of the molecule is CO[C@@]12CC[C@@H](O)C[C@@H]1N(C(=O)CSc1ccccc1C)CC2. The predicted octanol–water partition coefficient (Wildman–Crippen LogP) is 2.62. The number of amides is 1. The number of carbonyl (C=O) groups excluding carboxylic acids is 1. The Bertz CT molecular complexity index is 579. The average Bonchev–Trinajstić information content (AvgIpc) is 2.93. The number of methoxy groups -OCH3 is 1. The molecule has 3 atom stereocenters. The van der Waals surface area contributed by atoms with Crippen LogP contribution in [0.3, 0.4) is 0 Å². The Balaban J connectivity index is 1.67. The van der Waals surface area contributed by atoms with E-state index in [4.69, 9.17) is 4.74 Å². The molecule has 23 heavy (non-hydrogen) atoms. The lowest BCUT2D eigenvalue weighted by Gasteiger charge is -2.42. The highest BCUT2D eigenvalue weighted by atomic mass is 32.2. The number of ether oxygens (including phenoxy) is 1. The van der Waals surface area contributed by atoms with Gasteiger partial charge in [-0.15, -0.1) is 11.8 Å². The van der Waals surface area contributed by atoms with Crippen LogP contribution in [-0.4, -0.2) is 53.1 Å². The van der Waals surface area contributed by atoms with Crippen molar-refractivity contribution in [2.45, 2.75) is 55.2 Å². The van der Waals surface area contributed by atoms with Crippen LogP contribution in [0.5, 0.6) is 0 Å². The molecule has 1 amide bonds. The van der Waals surface area contributed by atoms with Crippen molar-refractivity contribution in [1.29, 1.82) is 0 Å². The van der Waals surface area contributed by atoms with Gasteiger partial charge >= 0.3 is 0 Å². The topological polar surface area (TPSA) is 49.8 Å². The van der Waals surface area contributed by atoms with Crippen LogP contribution in [0.15, 0.2) is 29.2 Å². The minimum atomic E-state index is -0.319. The highest BCUT2D eigenvalue weighted by Crippen LogP contribution is 2.42. The lowest BCUT2D eigenvalue weighted by molar-refractivity contribution is -0.137. The van der Waals surface area contributed by atoms with Gasteiger partial charge in [0.25, 0.3) is 0 Å². The third-order valence-electron chi connectivity index (χ3n) is 5.33. The Morgan fingerprint density at radius 1 is 1.43 bits per heavy atom. The number of carbonyl (C=O) groups is 1. The summed E-state index contributed by atoms with van der Waals surface area (Å²) in [6.45, 7) is 2.80. The van der Waals surface area contributed by atoms with Crippen molar-refractivity contribution in [2.24, 2.45) is 0 Å². The molecule has 126 valence electrons. The summed E-state index contributed by atoms with van der Waals surface area (Å²) >= 11 is 1.59. The second-order valence-corrected chi connectivity index (χ2v) is 7.62. The van der Waals surface area contributed by atoms with Crippen molar-refractivity contribution in [1.82, 2.24) is 4.90 Å². The zero-order chi connectivity index (χ0) is 16.4. The van der Waals surface area contributed by atoms with Gasteiger partial charge in [-0.25, -0.2) is 0 Å². The normalized spacial score (nSPS) is 30.3. The summed E-state index contributed by atoms with van der Waals surface area (Å²) in [4.78, 5) is 15.8. The van der Waals surface area contributed by atoms with E-state index in [1.807, 2.05) is 17.0 Å². The lowest BCUT2D eigenvalue weighted by Crippen LogP contribution is -2.53. The molecule has 0 bridgehead atoms. The minimum absolute atomic E-state index is 0.0150. The highest BCUT2D eigenvalue weighted by Gasteiger charge is 2.52. The molecule has 1 aromatic carbocycles. The van der Waals surface area contributed by atoms with E-state index in [2.05, 4.69) is 19.1 Å². The van der Waals surface area contributed by atoms with Crippen molar-refractivity contribution < 1.29 is 14.6 Å². The second-order valence-electron chi connectivity index (χ2n) is 6.60. The van der Waals surface area contributed by atoms with E-state index in [-0.39, 0.29) is 23.7 Å². The number of aryl methyl sites for hydroxylation is 1. The van der Waals surface area contributed by atoms with E-state index in [1.165, 1.54) is 5.56 Å². The van der Waals surface area contributed by atoms with Crippen LogP contribution >= 0.6 is 11.8 Å². The van der Waals surface area contributed by atoms with Crippen molar-refractivity contribution in [3.05, 3.63) is 29.8 Å². The minimum Gasteiger partial charge on any atom is -0.393 e. The standard InChI is InChI=1S/C18H25NO3S/c1-13-5-3-4-6-15(13)23-12-17(21)19-10-9-18(22-2)8-7-14(20)11-16(18)19/h3-6,14,16,20H,7-12H2,1-2H3/t14-,16+,18-/m1/s1. The smallest absolute Gasteiger partial charge is 0.233 e. The number of hydrogen-bond acceptors (Lipinski definition) is 4. The van der Waals surface area contributed by atoms with Gasteiger partial charge < -0.3 is 14.7 Å². The first-order chi connectivity index (χ1) is 11.1. The fourth-order valence-electron chi connectivity index (χ4n) is 3.92. The van der Waals surface area contributed by atoms with Gasteiger partial charge in [0.1, 0.15) is 0 Å². The molecule has 4 nitrogen and oxygen atoms in total. The summed E-state index contributed by atoms with van der Waals surface area (Å²) in [5.74, 6) is 0.591. The summed E-state index contributed by atoms with van der Waals surface area (Å²) < 4.78 is 5.80. The molecule has 1 saturated heterocycles. The molecule has 1 aliphatic heterocycles. The number of nitrogens with zero attached hydrogens (tertiary/aromatic N) is 1. The molecular weight excluding hydrogens is 310 g/mol. The van der Waals surface area contributed by atoms with Crippen molar-refractivity contribution in [3.63, 3.8) is 0 Å². The van der Waals surface area contributed by atoms with Crippen molar-refractivity contribution in [2.75, 3.05) is 19.4 Å². The predicted molar refractivity (Wildman–Crippen MR) is 91.6 cm³/mol. The van der Waals surface area contributed by atoms with Gasteiger partial charge in [0.2, 0.25) is 5.91 Å². The molecule has 0 spiro atoms. The maximum atomic E-state index is 12.7. The maximum absolute atomic E-state index is 12.7. The second kappa shape index (κ2) is 6.83. The first-order valence-corrected chi connectivity index (χ1v) is 9.25. The number of aliphatic hydroxyl groups excluding tert-OH is 1.